The molecule has 0 bridgehead atoms. The molecule has 0 fully saturated rings. The van der Waals surface area contributed by atoms with Gasteiger partial charge in [-0.25, -0.2) is 0 Å². The van der Waals surface area contributed by atoms with Crippen LogP contribution in [0.4, 0.5) is 13.2 Å². The van der Waals surface area contributed by atoms with Crippen molar-refractivity contribution in [2.45, 2.75) is 25.4 Å². The van der Waals surface area contributed by atoms with E-state index in [0.717, 1.165) is 19.5 Å². The van der Waals surface area contributed by atoms with Crippen LogP contribution in [0, 0.1) is 0 Å². The predicted octanol–water partition coefficient (Wildman–Crippen LogP) is 3.33. The van der Waals surface area contributed by atoms with E-state index in [1.165, 1.54) is 18.4 Å². The molecule has 1 aromatic carbocycles. The van der Waals surface area contributed by atoms with Crippen LogP contribution in [-0.2, 0) is 11.2 Å². The molecule has 0 radical (unpaired) electrons. The Labute approximate surface area is 128 Å². The van der Waals surface area contributed by atoms with Gasteiger partial charge in [-0.1, -0.05) is 23.8 Å². The lowest BCUT2D eigenvalue weighted by Gasteiger charge is -2.22. The number of rotatable bonds is 5. The summed E-state index contributed by atoms with van der Waals surface area (Å²) in [4.78, 5) is 11.1. The maximum absolute atomic E-state index is 10.4. The highest BCUT2D eigenvalue weighted by molar-refractivity contribution is 5.56. The van der Waals surface area contributed by atoms with E-state index in [-0.39, 0.29) is 0 Å². The Balaban J connectivity index is 0.000000346. The predicted molar refractivity (Wildman–Crippen MR) is 78.7 cm³/mol. The first-order chi connectivity index (χ1) is 10.3. The summed E-state index contributed by atoms with van der Waals surface area (Å²) in [6.07, 6.45) is 0.221. The first-order valence-electron chi connectivity index (χ1n) is 6.97. The van der Waals surface area contributed by atoms with E-state index in [4.69, 9.17) is 4.79 Å². The molecule has 1 aromatic rings. The standard InChI is InChI=1S/C14H19NO.C2HF3O/c1-15(11-13-3-2-4-13)10-9-12-5-7-14(16)8-6-12;3-2(4,5)1-6/h3,5-8,16H,2,4,9-11H2,1H3;1H. The van der Waals surface area contributed by atoms with Crippen molar-refractivity contribution in [3.8, 4) is 5.75 Å². The van der Waals surface area contributed by atoms with Gasteiger partial charge in [0.25, 0.3) is 0 Å². The van der Waals surface area contributed by atoms with Crippen LogP contribution in [0.1, 0.15) is 18.4 Å². The molecular formula is C16H20F3NO2. The van der Waals surface area contributed by atoms with Crippen LogP contribution in [0.2, 0.25) is 0 Å². The van der Waals surface area contributed by atoms with Gasteiger partial charge in [0.2, 0.25) is 6.29 Å². The van der Waals surface area contributed by atoms with Gasteiger partial charge in [0.05, 0.1) is 0 Å². The first kappa shape index (κ1) is 18.2. The number of alkyl halides is 3. The van der Waals surface area contributed by atoms with Gasteiger partial charge in [-0.2, -0.15) is 13.2 Å². The number of aldehydes is 1. The van der Waals surface area contributed by atoms with E-state index < -0.39 is 12.5 Å². The SMILES string of the molecule is CN(CCc1ccc(O)cc1)CC1=CCC1.O=CC(F)(F)F. The average Bonchev–Trinajstić information content (AvgIpc) is 2.42. The third-order valence-corrected chi connectivity index (χ3v) is 3.22. The number of benzene rings is 1. The Bertz CT molecular complexity index is 495. The van der Waals surface area contributed by atoms with Crippen LogP contribution >= 0.6 is 0 Å². The zero-order valence-corrected chi connectivity index (χ0v) is 12.4. The van der Waals surface area contributed by atoms with Gasteiger partial charge in [-0.05, 0) is 44.0 Å². The number of carbonyl (C=O) groups is 1. The molecule has 22 heavy (non-hydrogen) atoms. The van der Waals surface area contributed by atoms with Crippen molar-refractivity contribution < 1.29 is 23.1 Å². The Kier molecular flexibility index (Phi) is 7.11. The summed E-state index contributed by atoms with van der Waals surface area (Å²) in [5, 5.41) is 9.17. The summed E-state index contributed by atoms with van der Waals surface area (Å²) in [7, 11) is 2.17. The van der Waals surface area contributed by atoms with Crippen molar-refractivity contribution in [1.82, 2.24) is 4.90 Å². The third kappa shape index (κ3) is 7.83. The zero-order valence-electron chi connectivity index (χ0n) is 12.4. The number of nitrogens with zero attached hydrogens (tertiary/aromatic N) is 1. The Morgan fingerprint density at radius 1 is 1.27 bits per heavy atom. The molecule has 2 rings (SSSR count). The van der Waals surface area contributed by atoms with Gasteiger partial charge in [-0.3, -0.25) is 4.79 Å². The monoisotopic (exact) mass is 315 g/mol. The summed E-state index contributed by atoms with van der Waals surface area (Å²) in [6.45, 7) is 2.18. The smallest absolute Gasteiger partial charge is 0.446 e. The lowest BCUT2D eigenvalue weighted by atomic mass is 9.99. The number of phenols is 1. The molecule has 0 amide bonds. The minimum atomic E-state index is -4.64. The zero-order chi connectivity index (χ0) is 16.6. The molecule has 1 aliphatic rings. The molecule has 122 valence electrons. The van der Waals surface area contributed by atoms with Crippen LogP contribution in [0.5, 0.6) is 5.75 Å². The number of allylic oxidation sites excluding steroid dienone is 1. The lowest BCUT2D eigenvalue weighted by molar-refractivity contribution is -0.156. The highest BCUT2D eigenvalue weighted by Gasteiger charge is 2.24. The van der Waals surface area contributed by atoms with Crippen molar-refractivity contribution in [3.63, 3.8) is 0 Å². The minimum absolute atomic E-state index is 0.344. The number of aromatic hydroxyl groups is 1. The summed E-state index contributed by atoms with van der Waals surface area (Å²) < 4.78 is 31.2. The van der Waals surface area contributed by atoms with Gasteiger partial charge in [0.15, 0.2) is 0 Å². The molecule has 0 unspecified atom stereocenters. The number of carbonyl (C=O) groups excluding carboxylic acids is 1. The van der Waals surface area contributed by atoms with Crippen molar-refractivity contribution in [2.24, 2.45) is 0 Å². The van der Waals surface area contributed by atoms with E-state index in [2.05, 4.69) is 18.0 Å². The Morgan fingerprint density at radius 2 is 1.82 bits per heavy atom. The lowest BCUT2D eigenvalue weighted by Crippen LogP contribution is -2.25. The van der Waals surface area contributed by atoms with Gasteiger partial charge in [0, 0.05) is 13.1 Å². The van der Waals surface area contributed by atoms with Gasteiger partial charge >= 0.3 is 6.18 Å². The van der Waals surface area contributed by atoms with E-state index in [1.807, 2.05) is 12.1 Å². The van der Waals surface area contributed by atoms with E-state index >= 15 is 0 Å². The highest BCUT2D eigenvalue weighted by atomic mass is 19.4. The maximum Gasteiger partial charge on any atom is 0.446 e. The quantitative estimate of drug-likeness (QED) is 0.669. The molecule has 0 atom stereocenters. The van der Waals surface area contributed by atoms with Crippen LogP contribution in [-0.4, -0.2) is 42.6 Å². The fourth-order valence-electron chi connectivity index (χ4n) is 1.90. The second kappa shape index (κ2) is 8.58. The minimum Gasteiger partial charge on any atom is -0.508 e. The maximum atomic E-state index is 10.4. The molecule has 0 aliphatic heterocycles. The molecule has 1 aliphatic carbocycles. The first-order valence-corrected chi connectivity index (χ1v) is 6.97. The van der Waals surface area contributed by atoms with Crippen molar-refractivity contribution in [1.29, 1.82) is 0 Å². The largest absolute Gasteiger partial charge is 0.508 e. The van der Waals surface area contributed by atoms with Crippen LogP contribution < -0.4 is 0 Å². The normalized spacial score (nSPS) is 13.8. The van der Waals surface area contributed by atoms with Gasteiger partial charge < -0.3 is 10.0 Å². The molecule has 1 N–H and O–H groups in total. The number of halogens is 3. The number of hydrogen-bond donors (Lipinski definition) is 1. The molecular weight excluding hydrogens is 295 g/mol. The highest BCUT2D eigenvalue weighted by Crippen LogP contribution is 2.18. The van der Waals surface area contributed by atoms with E-state index in [0.29, 0.717) is 5.75 Å². The molecule has 6 heteroatoms. The number of likely N-dealkylation sites (N-methyl/N-ethyl adjacent to an activating group) is 1. The van der Waals surface area contributed by atoms with Crippen LogP contribution in [0.3, 0.4) is 0 Å². The van der Waals surface area contributed by atoms with Gasteiger partial charge in [-0.15, -0.1) is 0 Å². The number of phenolic OH excluding ortho intramolecular Hbond substituents is 1. The van der Waals surface area contributed by atoms with Crippen LogP contribution in [0.25, 0.3) is 0 Å². The Hall–Kier alpha value is -1.82. The van der Waals surface area contributed by atoms with Crippen molar-refractivity contribution in [2.75, 3.05) is 20.1 Å². The van der Waals surface area contributed by atoms with Gasteiger partial charge in [0.1, 0.15) is 5.75 Å². The fourth-order valence-corrected chi connectivity index (χ4v) is 1.90. The summed E-state index contributed by atoms with van der Waals surface area (Å²) >= 11 is 0. The molecule has 0 saturated heterocycles. The Morgan fingerprint density at radius 3 is 2.23 bits per heavy atom. The third-order valence-electron chi connectivity index (χ3n) is 3.22. The topological polar surface area (TPSA) is 40.5 Å². The number of hydrogen-bond acceptors (Lipinski definition) is 3. The molecule has 0 saturated carbocycles. The van der Waals surface area contributed by atoms with E-state index in [9.17, 15) is 18.3 Å². The molecule has 0 heterocycles. The van der Waals surface area contributed by atoms with Crippen molar-refractivity contribution in [3.05, 3.63) is 41.5 Å². The molecule has 0 aromatic heterocycles. The molecule has 0 spiro atoms. The molecule has 3 nitrogen and oxygen atoms in total. The summed E-state index contributed by atoms with van der Waals surface area (Å²) in [5.74, 6) is 0.344. The fraction of sp³-hybridized carbons (Fsp3) is 0.438. The second-order valence-corrected chi connectivity index (χ2v) is 5.21. The summed E-state index contributed by atoms with van der Waals surface area (Å²) in [6, 6.07) is 7.49. The van der Waals surface area contributed by atoms with Crippen LogP contribution in [0.15, 0.2) is 35.9 Å². The summed E-state index contributed by atoms with van der Waals surface area (Å²) in [5.41, 5.74) is 2.86. The van der Waals surface area contributed by atoms with Crippen molar-refractivity contribution >= 4 is 6.29 Å². The average molecular weight is 315 g/mol. The van der Waals surface area contributed by atoms with E-state index in [1.54, 1.807) is 17.7 Å². The second-order valence-electron chi connectivity index (χ2n) is 5.21.